The molecule has 2 unspecified atom stereocenters. The maximum Gasteiger partial charge on any atom is 0.323 e. The Hall–Kier alpha value is -4.54. The molecule has 2 atom stereocenters. The molecule has 10 nitrogen and oxygen atoms in total. The number of halogens is 2. The van der Waals surface area contributed by atoms with Gasteiger partial charge in [0.2, 0.25) is 0 Å². The Labute approximate surface area is 225 Å². The number of aromatic nitrogens is 4. The molecule has 0 fully saturated rings. The minimum atomic E-state index is -2.24. The van der Waals surface area contributed by atoms with Crippen molar-refractivity contribution < 1.29 is 28.6 Å². The van der Waals surface area contributed by atoms with Crippen LogP contribution in [0, 0.1) is 29.9 Å². The second kappa shape index (κ2) is 11.1. The van der Waals surface area contributed by atoms with Crippen LogP contribution in [-0.2, 0) is 16.9 Å². The number of rotatable bonds is 9. The summed E-state index contributed by atoms with van der Waals surface area (Å²) in [7, 11) is 0. The van der Waals surface area contributed by atoms with Gasteiger partial charge in [0.1, 0.15) is 46.3 Å². The Morgan fingerprint density at radius 1 is 1.23 bits per heavy atom. The lowest BCUT2D eigenvalue weighted by atomic mass is 9.85. The molecule has 0 saturated heterocycles. The topological polar surface area (TPSA) is 145 Å². The molecule has 2 aromatic heterocycles. The standard InChI is InChI=1S/C26H22F2N6O4S/c1-15-23(39-24(32-15)18-5-3-17(10-29)4-6-18)25(37)34(11-22(35)36)16(2)26(38,12-33-14-30-13-31-33)20-8-7-19(27)9-21(20)28/h3-9,13-14,16,38H,11-12H2,1-2H3,(H,35,36). The van der Waals surface area contributed by atoms with Crippen molar-refractivity contribution in [3.63, 3.8) is 0 Å². The molecule has 2 aromatic carbocycles. The quantitative estimate of drug-likeness (QED) is 0.322. The first-order valence-corrected chi connectivity index (χ1v) is 12.4. The van der Waals surface area contributed by atoms with E-state index >= 15 is 4.39 Å². The van der Waals surface area contributed by atoms with Crippen molar-refractivity contribution in [3.8, 4) is 16.6 Å². The number of carboxylic acids is 1. The number of carbonyl (C=O) groups excluding carboxylic acids is 1. The summed E-state index contributed by atoms with van der Waals surface area (Å²) >= 11 is 1.01. The van der Waals surface area contributed by atoms with Crippen molar-refractivity contribution in [3.05, 3.63) is 88.5 Å². The van der Waals surface area contributed by atoms with Gasteiger partial charge in [-0.2, -0.15) is 10.4 Å². The molecule has 0 aliphatic heterocycles. The predicted octanol–water partition coefficient (Wildman–Crippen LogP) is 3.36. The zero-order valence-electron chi connectivity index (χ0n) is 20.7. The molecule has 4 rings (SSSR count). The van der Waals surface area contributed by atoms with Crippen molar-refractivity contribution in [1.29, 1.82) is 5.26 Å². The highest BCUT2D eigenvalue weighted by Gasteiger charge is 2.44. The lowest BCUT2D eigenvalue weighted by molar-refractivity contribution is -0.140. The zero-order chi connectivity index (χ0) is 28.3. The molecular formula is C26H22F2N6O4S. The molecule has 0 saturated carbocycles. The number of nitriles is 1. The number of nitrogens with zero attached hydrogens (tertiary/aromatic N) is 6. The van der Waals surface area contributed by atoms with Crippen LogP contribution in [0.5, 0.6) is 0 Å². The van der Waals surface area contributed by atoms with Gasteiger partial charge in [-0.3, -0.25) is 9.59 Å². The number of aryl methyl sites for hydroxylation is 1. The van der Waals surface area contributed by atoms with Crippen LogP contribution >= 0.6 is 11.3 Å². The molecule has 2 N–H and O–H groups in total. The number of carbonyl (C=O) groups is 2. The Morgan fingerprint density at radius 3 is 2.54 bits per heavy atom. The van der Waals surface area contributed by atoms with E-state index in [4.69, 9.17) is 5.26 Å². The number of carboxylic acid groups (broad SMARTS) is 1. The summed E-state index contributed by atoms with van der Waals surface area (Å²) in [6.45, 7) is 1.71. The highest BCUT2D eigenvalue weighted by Crippen LogP contribution is 2.35. The average Bonchev–Trinajstić information content (AvgIpc) is 3.55. The number of amides is 1. The van der Waals surface area contributed by atoms with E-state index < -0.39 is 48.2 Å². The van der Waals surface area contributed by atoms with Gasteiger partial charge >= 0.3 is 5.97 Å². The third-order valence-electron chi connectivity index (χ3n) is 6.24. The zero-order valence-corrected chi connectivity index (χ0v) is 21.6. The van der Waals surface area contributed by atoms with Gasteiger partial charge in [-0.15, -0.1) is 11.3 Å². The van der Waals surface area contributed by atoms with Crippen molar-refractivity contribution in [1.82, 2.24) is 24.6 Å². The van der Waals surface area contributed by atoms with Crippen LogP contribution in [0.1, 0.15) is 33.4 Å². The van der Waals surface area contributed by atoms with Crippen LogP contribution in [0.2, 0.25) is 0 Å². The minimum absolute atomic E-state index is 0.116. The van der Waals surface area contributed by atoms with Crippen LogP contribution in [0.4, 0.5) is 8.78 Å². The molecule has 1 amide bonds. The van der Waals surface area contributed by atoms with Crippen LogP contribution in [0.15, 0.2) is 55.1 Å². The van der Waals surface area contributed by atoms with Crippen molar-refractivity contribution in [2.75, 3.05) is 6.54 Å². The summed E-state index contributed by atoms with van der Waals surface area (Å²) in [6.07, 6.45) is 2.46. The molecule has 0 bridgehead atoms. The molecule has 0 aliphatic carbocycles. The lowest BCUT2D eigenvalue weighted by Gasteiger charge is -2.40. The molecule has 4 aromatic rings. The molecule has 2 heterocycles. The number of thiazole rings is 1. The third-order valence-corrected chi connectivity index (χ3v) is 7.44. The van der Waals surface area contributed by atoms with Gasteiger partial charge in [-0.1, -0.05) is 18.2 Å². The molecule has 200 valence electrons. The first kappa shape index (κ1) is 27.5. The monoisotopic (exact) mass is 552 g/mol. The first-order valence-electron chi connectivity index (χ1n) is 11.5. The number of benzene rings is 2. The van der Waals surface area contributed by atoms with E-state index in [1.165, 1.54) is 24.3 Å². The van der Waals surface area contributed by atoms with Crippen LogP contribution < -0.4 is 0 Å². The third kappa shape index (κ3) is 5.66. The van der Waals surface area contributed by atoms with E-state index in [0.29, 0.717) is 27.9 Å². The van der Waals surface area contributed by atoms with Gasteiger partial charge in [-0.25, -0.2) is 23.4 Å². The number of aliphatic hydroxyl groups is 1. The van der Waals surface area contributed by atoms with Gasteiger partial charge in [0, 0.05) is 17.2 Å². The van der Waals surface area contributed by atoms with Crippen LogP contribution in [0.25, 0.3) is 10.6 Å². The van der Waals surface area contributed by atoms with Crippen molar-refractivity contribution in [2.24, 2.45) is 0 Å². The van der Waals surface area contributed by atoms with E-state index in [-0.39, 0.29) is 10.4 Å². The van der Waals surface area contributed by atoms with Gasteiger partial charge in [0.25, 0.3) is 5.91 Å². The van der Waals surface area contributed by atoms with Gasteiger partial charge in [-0.05, 0) is 32.0 Å². The van der Waals surface area contributed by atoms with Crippen molar-refractivity contribution in [2.45, 2.75) is 32.0 Å². The Morgan fingerprint density at radius 2 is 1.95 bits per heavy atom. The Kier molecular flexibility index (Phi) is 7.80. The highest BCUT2D eigenvalue weighted by atomic mass is 32.1. The van der Waals surface area contributed by atoms with E-state index in [0.717, 1.165) is 28.4 Å². The van der Waals surface area contributed by atoms with Crippen molar-refractivity contribution >= 4 is 23.2 Å². The summed E-state index contributed by atoms with van der Waals surface area (Å²) in [5.41, 5.74) is -1.18. The molecule has 0 radical (unpaired) electrons. The molecule has 0 spiro atoms. The second-order valence-corrected chi connectivity index (χ2v) is 9.77. The van der Waals surface area contributed by atoms with Gasteiger partial charge < -0.3 is 15.1 Å². The minimum Gasteiger partial charge on any atom is -0.480 e. The summed E-state index contributed by atoms with van der Waals surface area (Å²) in [4.78, 5) is 34.9. The second-order valence-electron chi connectivity index (χ2n) is 8.77. The molecular weight excluding hydrogens is 530 g/mol. The molecule has 39 heavy (non-hydrogen) atoms. The molecule has 13 heteroatoms. The SMILES string of the molecule is Cc1nc(-c2ccc(C#N)cc2)sc1C(=O)N(CC(=O)O)C(C)C(O)(Cn1cncn1)c1ccc(F)cc1F. The average molecular weight is 553 g/mol. The molecule has 0 aliphatic rings. The van der Waals surface area contributed by atoms with Crippen LogP contribution in [-0.4, -0.2) is 59.3 Å². The van der Waals surface area contributed by atoms with E-state index in [1.54, 1.807) is 31.2 Å². The van der Waals surface area contributed by atoms with E-state index in [1.807, 2.05) is 6.07 Å². The predicted molar refractivity (Wildman–Crippen MR) is 135 cm³/mol. The van der Waals surface area contributed by atoms with E-state index in [9.17, 15) is 24.2 Å². The first-order chi connectivity index (χ1) is 18.5. The lowest BCUT2D eigenvalue weighted by Crippen LogP contribution is -2.55. The fourth-order valence-corrected chi connectivity index (χ4v) is 5.20. The van der Waals surface area contributed by atoms with Gasteiger partial charge in [0.15, 0.2) is 0 Å². The van der Waals surface area contributed by atoms with Gasteiger partial charge in [0.05, 0.1) is 29.9 Å². The maximum absolute atomic E-state index is 15.0. The number of aliphatic carboxylic acids is 1. The Bertz CT molecular complexity index is 1550. The highest BCUT2D eigenvalue weighted by molar-refractivity contribution is 7.17. The van der Waals surface area contributed by atoms with E-state index in [2.05, 4.69) is 15.1 Å². The fraction of sp³-hybridized carbons (Fsp3) is 0.231. The smallest absolute Gasteiger partial charge is 0.323 e. The summed E-state index contributed by atoms with van der Waals surface area (Å²) < 4.78 is 29.9. The fourth-order valence-electron chi connectivity index (χ4n) is 4.17. The summed E-state index contributed by atoms with van der Waals surface area (Å²) in [6, 6.07) is 9.84. The maximum atomic E-state index is 15.0. The normalized spacial score (nSPS) is 13.3. The number of hydrogen-bond donors (Lipinski definition) is 2. The van der Waals surface area contributed by atoms with Crippen LogP contribution in [0.3, 0.4) is 0 Å². The Balaban J connectivity index is 1.77. The summed E-state index contributed by atoms with van der Waals surface area (Å²) in [5, 5.41) is 35.0. The number of hydrogen-bond acceptors (Lipinski definition) is 8. The summed E-state index contributed by atoms with van der Waals surface area (Å²) in [5.74, 6) is -4.07. The largest absolute Gasteiger partial charge is 0.480 e.